The van der Waals surface area contributed by atoms with Crippen molar-refractivity contribution in [3.63, 3.8) is 0 Å². The molecule has 0 radical (unpaired) electrons. The van der Waals surface area contributed by atoms with Crippen LogP contribution < -0.4 is 0 Å². The lowest BCUT2D eigenvalue weighted by molar-refractivity contribution is -0.166. The number of amides is 1. The van der Waals surface area contributed by atoms with Gasteiger partial charge in [0.25, 0.3) is 0 Å². The molecule has 0 aromatic carbocycles. The van der Waals surface area contributed by atoms with Crippen LogP contribution in [0.15, 0.2) is 6.07 Å². The van der Waals surface area contributed by atoms with E-state index in [1.165, 1.54) is 11.3 Å². The van der Waals surface area contributed by atoms with Crippen molar-refractivity contribution >= 4 is 46.4 Å². The van der Waals surface area contributed by atoms with E-state index in [2.05, 4.69) is 0 Å². The highest BCUT2D eigenvalue weighted by Gasteiger charge is 2.32. The van der Waals surface area contributed by atoms with Gasteiger partial charge >= 0.3 is 5.97 Å². The first-order valence-corrected chi connectivity index (χ1v) is 8.53. The van der Waals surface area contributed by atoms with Crippen LogP contribution in [0, 0.1) is 0 Å². The summed E-state index contributed by atoms with van der Waals surface area (Å²) in [7, 11) is 0. The van der Waals surface area contributed by atoms with Crippen molar-refractivity contribution in [2.24, 2.45) is 0 Å². The first kappa shape index (κ1) is 17.5. The van der Waals surface area contributed by atoms with E-state index in [1.54, 1.807) is 11.8 Å². The molecule has 1 aromatic rings. The molecule has 1 N–H and O–H groups in total. The number of carboxylic acids is 1. The van der Waals surface area contributed by atoms with Gasteiger partial charge in [-0.15, -0.1) is 11.3 Å². The Morgan fingerprint density at radius 2 is 2.18 bits per heavy atom. The lowest BCUT2D eigenvalue weighted by atomic mass is 10.1. The second-order valence-corrected chi connectivity index (χ2v) is 7.56. The maximum absolute atomic E-state index is 12.2. The predicted octanol–water partition coefficient (Wildman–Crippen LogP) is 3.08. The van der Waals surface area contributed by atoms with Crippen molar-refractivity contribution in [3.8, 4) is 0 Å². The van der Waals surface area contributed by atoms with Crippen molar-refractivity contribution in [3.05, 3.63) is 20.3 Å². The fourth-order valence-corrected chi connectivity index (χ4v) is 3.97. The van der Waals surface area contributed by atoms with E-state index in [1.807, 2.05) is 6.07 Å². The Morgan fingerprint density at radius 1 is 1.45 bits per heavy atom. The maximum atomic E-state index is 12.2. The largest absolute Gasteiger partial charge is 0.479 e. The molecule has 22 heavy (non-hydrogen) atoms. The minimum absolute atomic E-state index is 0.0566. The third kappa shape index (κ3) is 4.59. The lowest BCUT2D eigenvalue weighted by Gasteiger charge is -2.35. The summed E-state index contributed by atoms with van der Waals surface area (Å²) < 4.78 is 6.59. The van der Waals surface area contributed by atoms with E-state index in [0.29, 0.717) is 34.5 Å². The highest BCUT2D eigenvalue weighted by atomic mass is 35.5. The van der Waals surface area contributed by atoms with Gasteiger partial charge in [0.05, 0.1) is 21.3 Å². The van der Waals surface area contributed by atoms with Crippen molar-refractivity contribution in [1.29, 1.82) is 0 Å². The van der Waals surface area contributed by atoms with Gasteiger partial charge in [0.15, 0.2) is 6.10 Å². The van der Waals surface area contributed by atoms with E-state index >= 15 is 0 Å². The minimum Gasteiger partial charge on any atom is -0.479 e. The summed E-state index contributed by atoms with van der Waals surface area (Å²) in [4.78, 5) is 24.8. The fourth-order valence-electron chi connectivity index (χ4n) is 2.42. The molecule has 1 aliphatic heterocycles. The summed E-state index contributed by atoms with van der Waals surface area (Å²) in [5, 5.41) is 9.02. The van der Waals surface area contributed by atoms with E-state index in [0.717, 1.165) is 5.56 Å². The third-order valence-corrected chi connectivity index (χ3v) is 5.02. The number of aryl methyl sites for hydroxylation is 1. The number of rotatable bonds is 5. The molecule has 0 saturated carbocycles. The van der Waals surface area contributed by atoms with Crippen LogP contribution in [0.2, 0.25) is 8.67 Å². The normalized spacial score (nSPS) is 21.9. The van der Waals surface area contributed by atoms with Crippen molar-refractivity contribution < 1.29 is 19.4 Å². The van der Waals surface area contributed by atoms with Crippen molar-refractivity contribution in [2.45, 2.75) is 38.4 Å². The predicted molar refractivity (Wildman–Crippen MR) is 85.8 cm³/mol. The zero-order valence-corrected chi connectivity index (χ0v) is 14.4. The monoisotopic (exact) mass is 365 g/mol. The van der Waals surface area contributed by atoms with Gasteiger partial charge in [0.1, 0.15) is 0 Å². The number of ether oxygens (including phenoxy) is 1. The van der Waals surface area contributed by atoms with Gasteiger partial charge in [-0.05, 0) is 31.4 Å². The second-order valence-electron chi connectivity index (χ2n) is 5.28. The fraction of sp³-hybridized carbons (Fsp3) is 0.571. The second kappa shape index (κ2) is 7.64. The number of halogens is 2. The van der Waals surface area contributed by atoms with E-state index in [9.17, 15) is 9.59 Å². The summed E-state index contributed by atoms with van der Waals surface area (Å²) >= 11 is 13.2. The molecule has 2 atom stereocenters. The average Bonchev–Trinajstić information content (AvgIpc) is 2.76. The summed E-state index contributed by atoms with van der Waals surface area (Å²) in [6.45, 7) is 2.29. The topological polar surface area (TPSA) is 66.8 Å². The molecule has 1 fully saturated rings. The highest BCUT2D eigenvalue weighted by Crippen LogP contribution is 2.32. The number of hydrogen-bond donors (Lipinski definition) is 1. The highest BCUT2D eigenvalue weighted by molar-refractivity contribution is 7.20. The number of carboxylic acid groups (broad SMARTS) is 1. The van der Waals surface area contributed by atoms with Crippen LogP contribution in [0.1, 0.15) is 25.3 Å². The Hall–Kier alpha value is -0.820. The molecule has 0 aliphatic carbocycles. The molecule has 0 bridgehead atoms. The zero-order valence-electron chi connectivity index (χ0n) is 12.1. The smallest absolute Gasteiger partial charge is 0.334 e. The number of nitrogens with zero attached hydrogens (tertiary/aromatic N) is 1. The molecule has 8 heteroatoms. The average molecular weight is 366 g/mol. The van der Waals surface area contributed by atoms with Gasteiger partial charge in [-0.1, -0.05) is 23.2 Å². The van der Waals surface area contributed by atoms with Crippen LogP contribution in [0.4, 0.5) is 0 Å². The van der Waals surface area contributed by atoms with Crippen LogP contribution in [0.5, 0.6) is 0 Å². The number of carbonyl (C=O) groups excluding carboxylic acids is 1. The number of hydrogen-bond acceptors (Lipinski definition) is 4. The molecule has 5 nitrogen and oxygen atoms in total. The van der Waals surface area contributed by atoms with Gasteiger partial charge < -0.3 is 14.7 Å². The maximum Gasteiger partial charge on any atom is 0.334 e. The first-order chi connectivity index (χ1) is 10.4. The standard InChI is InChI=1S/C14H17Cl2NO4S/c1-8-6-17(7-10(21-8)14(19)20)12(18)4-2-3-9-5-11(15)22-13(9)16/h5,8,10H,2-4,6-7H2,1H3,(H,19,20)/t8-,10?/m1/s1. The molecule has 1 aliphatic rings. The minimum atomic E-state index is -1.04. The summed E-state index contributed by atoms with van der Waals surface area (Å²) in [6.07, 6.45) is 0.454. The summed E-state index contributed by atoms with van der Waals surface area (Å²) in [5.74, 6) is -1.09. The molecular weight excluding hydrogens is 349 g/mol. The molecule has 1 aromatic heterocycles. The van der Waals surface area contributed by atoms with Gasteiger partial charge in [-0.25, -0.2) is 4.79 Å². The van der Waals surface area contributed by atoms with E-state index < -0.39 is 12.1 Å². The molecular formula is C14H17Cl2NO4S. The van der Waals surface area contributed by atoms with Crippen molar-refractivity contribution in [1.82, 2.24) is 4.90 Å². The molecule has 122 valence electrons. The van der Waals surface area contributed by atoms with E-state index in [4.69, 9.17) is 33.0 Å². The molecule has 0 spiro atoms. The Morgan fingerprint density at radius 3 is 2.77 bits per heavy atom. The number of thiophene rings is 1. The molecule has 1 amide bonds. The quantitative estimate of drug-likeness (QED) is 0.870. The number of carbonyl (C=O) groups is 2. The summed E-state index contributed by atoms with van der Waals surface area (Å²) in [5.41, 5.74) is 0.947. The zero-order chi connectivity index (χ0) is 16.3. The molecule has 1 saturated heterocycles. The summed E-state index contributed by atoms with van der Waals surface area (Å²) in [6, 6.07) is 1.82. The molecule has 2 rings (SSSR count). The van der Waals surface area contributed by atoms with Crippen LogP contribution in [-0.4, -0.2) is 47.2 Å². The van der Waals surface area contributed by atoms with Gasteiger partial charge in [-0.3, -0.25) is 4.79 Å². The van der Waals surface area contributed by atoms with E-state index in [-0.39, 0.29) is 18.6 Å². The van der Waals surface area contributed by atoms with Crippen LogP contribution >= 0.6 is 34.5 Å². The Labute approximate surface area is 142 Å². The van der Waals surface area contributed by atoms with Crippen LogP contribution in [0.25, 0.3) is 0 Å². The Kier molecular flexibility index (Phi) is 6.09. The lowest BCUT2D eigenvalue weighted by Crippen LogP contribution is -2.51. The Bertz CT molecular complexity index is 563. The number of aliphatic carboxylic acids is 1. The Balaban J connectivity index is 1.84. The van der Waals surface area contributed by atoms with Crippen LogP contribution in [-0.2, 0) is 20.7 Å². The van der Waals surface area contributed by atoms with Crippen molar-refractivity contribution in [2.75, 3.05) is 13.1 Å². The third-order valence-electron chi connectivity index (χ3n) is 3.45. The van der Waals surface area contributed by atoms with Gasteiger partial charge in [0.2, 0.25) is 5.91 Å². The molecule has 2 heterocycles. The van der Waals surface area contributed by atoms with Gasteiger partial charge in [-0.2, -0.15) is 0 Å². The number of morpholine rings is 1. The first-order valence-electron chi connectivity index (χ1n) is 6.96. The van der Waals surface area contributed by atoms with Crippen LogP contribution in [0.3, 0.4) is 0 Å². The SMILES string of the molecule is C[C@@H]1CN(C(=O)CCCc2cc(Cl)sc2Cl)CC(C(=O)O)O1. The molecule has 1 unspecified atom stereocenters. The van der Waals surface area contributed by atoms with Gasteiger partial charge in [0, 0.05) is 13.0 Å².